The Kier molecular flexibility index (Phi) is 4.23. The second kappa shape index (κ2) is 5.19. The summed E-state index contributed by atoms with van der Waals surface area (Å²) in [5, 5.41) is 2.92. The molecule has 0 aromatic heterocycles. The predicted octanol–water partition coefficient (Wildman–Crippen LogP) is 3.35. The Balaban J connectivity index is 2.84. The smallest absolute Gasteiger partial charge is 0.251 e. The van der Waals surface area contributed by atoms with Crippen molar-refractivity contribution < 1.29 is 9.18 Å². The molecule has 0 aliphatic rings. The first-order valence-electron chi connectivity index (χ1n) is 6.37. The zero-order valence-electron chi connectivity index (χ0n) is 12.3. The highest BCUT2D eigenvalue weighted by Gasteiger charge is 2.27. The molecule has 0 radical (unpaired) electrons. The van der Waals surface area contributed by atoms with E-state index in [0.717, 1.165) is 6.42 Å². The van der Waals surface area contributed by atoms with Crippen molar-refractivity contribution in [3.8, 4) is 0 Å². The van der Waals surface area contributed by atoms with E-state index in [1.54, 1.807) is 0 Å². The van der Waals surface area contributed by atoms with Gasteiger partial charge in [-0.15, -0.1) is 0 Å². The van der Waals surface area contributed by atoms with E-state index in [9.17, 15) is 9.18 Å². The van der Waals surface area contributed by atoms with Gasteiger partial charge in [0, 0.05) is 16.8 Å². The summed E-state index contributed by atoms with van der Waals surface area (Å²) < 4.78 is 13.2. The average molecular weight is 266 g/mol. The van der Waals surface area contributed by atoms with Crippen molar-refractivity contribution in [2.75, 3.05) is 5.73 Å². The van der Waals surface area contributed by atoms with Crippen LogP contribution in [0.4, 0.5) is 10.1 Å². The van der Waals surface area contributed by atoms with Crippen molar-refractivity contribution in [3.05, 3.63) is 29.6 Å². The predicted molar refractivity (Wildman–Crippen MR) is 76.4 cm³/mol. The maximum atomic E-state index is 13.2. The lowest BCUT2D eigenvalue weighted by Crippen LogP contribution is -2.45. The van der Waals surface area contributed by atoms with E-state index in [2.05, 4.69) is 26.1 Å². The standard InChI is InChI=1S/C15H23FN2O/c1-14(2,3)9-15(4,5)18-13(19)10-6-11(16)8-12(17)7-10/h6-8H,9,17H2,1-5H3,(H,18,19). The topological polar surface area (TPSA) is 55.1 Å². The second-order valence-electron chi connectivity index (χ2n) is 6.85. The highest BCUT2D eigenvalue weighted by atomic mass is 19.1. The van der Waals surface area contributed by atoms with Crippen LogP contribution in [0, 0.1) is 11.2 Å². The molecular weight excluding hydrogens is 243 g/mol. The summed E-state index contributed by atoms with van der Waals surface area (Å²) in [6.07, 6.45) is 0.816. The van der Waals surface area contributed by atoms with Crippen LogP contribution in [0.25, 0.3) is 0 Å². The molecule has 1 amide bonds. The minimum Gasteiger partial charge on any atom is -0.399 e. The number of carbonyl (C=O) groups excluding carboxylic acids is 1. The van der Waals surface area contributed by atoms with Gasteiger partial charge in [0.15, 0.2) is 0 Å². The fourth-order valence-electron chi connectivity index (χ4n) is 2.49. The van der Waals surface area contributed by atoms with Crippen LogP contribution < -0.4 is 11.1 Å². The van der Waals surface area contributed by atoms with Gasteiger partial charge in [-0.1, -0.05) is 20.8 Å². The first-order chi connectivity index (χ1) is 8.48. The molecule has 1 rings (SSSR count). The molecule has 0 aliphatic carbocycles. The maximum absolute atomic E-state index is 13.2. The number of hydrogen-bond donors (Lipinski definition) is 2. The van der Waals surface area contributed by atoms with E-state index in [1.165, 1.54) is 18.2 Å². The Morgan fingerprint density at radius 3 is 2.26 bits per heavy atom. The van der Waals surface area contributed by atoms with Crippen molar-refractivity contribution in [1.29, 1.82) is 0 Å². The number of nitrogens with one attached hydrogen (secondary N) is 1. The summed E-state index contributed by atoms with van der Waals surface area (Å²) in [5.74, 6) is -0.806. The lowest BCUT2D eigenvalue weighted by atomic mass is 9.81. The van der Waals surface area contributed by atoms with Gasteiger partial charge < -0.3 is 11.1 Å². The Hall–Kier alpha value is -1.58. The van der Waals surface area contributed by atoms with Crippen molar-refractivity contribution in [2.24, 2.45) is 5.41 Å². The third-order valence-corrected chi connectivity index (χ3v) is 2.61. The molecule has 19 heavy (non-hydrogen) atoms. The van der Waals surface area contributed by atoms with Gasteiger partial charge in [-0.25, -0.2) is 4.39 Å². The Morgan fingerprint density at radius 2 is 1.79 bits per heavy atom. The number of anilines is 1. The first kappa shape index (κ1) is 15.5. The van der Waals surface area contributed by atoms with Gasteiger partial charge in [0.2, 0.25) is 0 Å². The molecule has 0 atom stereocenters. The van der Waals surface area contributed by atoms with Gasteiger partial charge in [-0.2, -0.15) is 0 Å². The van der Waals surface area contributed by atoms with Gasteiger partial charge >= 0.3 is 0 Å². The highest BCUT2D eigenvalue weighted by molar-refractivity contribution is 5.95. The Bertz CT molecular complexity index is 455. The number of amides is 1. The van der Waals surface area contributed by atoms with E-state index in [1.807, 2.05) is 13.8 Å². The third-order valence-electron chi connectivity index (χ3n) is 2.61. The largest absolute Gasteiger partial charge is 0.399 e. The average Bonchev–Trinajstić information content (AvgIpc) is 2.10. The van der Waals surface area contributed by atoms with Crippen LogP contribution in [0.3, 0.4) is 0 Å². The van der Waals surface area contributed by atoms with E-state index in [4.69, 9.17) is 5.73 Å². The molecule has 0 bridgehead atoms. The number of carbonyl (C=O) groups is 1. The molecule has 3 N–H and O–H groups in total. The van der Waals surface area contributed by atoms with E-state index < -0.39 is 5.82 Å². The second-order valence-corrected chi connectivity index (χ2v) is 6.85. The van der Waals surface area contributed by atoms with Crippen LogP contribution in [0.5, 0.6) is 0 Å². The van der Waals surface area contributed by atoms with Crippen molar-refractivity contribution in [3.63, 3.8) is 0 Å². The van der Waals surface area contributed by atoms with Gasteiger partial charge in [0.25, 0.3) is 5.91 Å². The molecule has 106 valence electrons. The molecule has 1 aromatic rings. The monoisotopic (exact) mass is 266 g/mol. The number of hydrogen-bond acceptors (Lipinski definition) is 2. The molecule has 0 saturated heterocycles. The van der Waals surface area contributed by atoms with E-state index in [-0.39, 0.29) is 28.1 Å². The number of benzene rings is 1. The van der Waals surface area contributed by atoms with Gasteiger partial charge in [0.1, 0.15) is 5.82 Å². The van der Waals surface area contributed by atoms with Crippen LogP contribution in [-0.4, -0.2) is 11.4 Å². The lowest BCUT2D eigenvalue weighted by molar-refractivity contribution is 0.0891. The van der Waals surface area contributed by atoms with Gasteiger partial charge in [-0.05, 0) is 43.9 Å². The van der Waals surface area contributed by atoms with E-state index >= 15 is 0 Å². The first-order valence-corrected chi connectivity index (χ1v) is 6.37. The number of halogens is 1. The molecule has 3 nitrogen and oxygen atoms in total. The van der Waals surface area contributed by atoms with E-state index in [0.29, 0.717) is 0 Å². The van der Waals surface area contributed by atoms with Crippen LogP contribution >= 0.6 is 0 Å². The molecular formula is C15H23FN2O. The maximum Gasteiger partial charge on any atom is 0.251 e. The molecule has 0 saturated carbocycles. The molecule has 0 spiro atoms. The minimum absolute atomic E-state index is 0.0950. The quantitative estimate of drug-likeness (QED) is 0.824. The molecule has 0 fully saturated rings. The molecule has 0 heterocycles. The summed E-state index contributed by atoms with van der Waals surface area (Å²) in [6.45, 7) is 10.3. The fourth-order valence-corrected chi connectivity index (χ4v) is 2.49. The lowest BCUT2D eigenvalue weighted by Gasteiger charge is -2.33. The normalized spacial score (nSPS) is 12.3. The SMILES string of the molecule is CC(C)(C)CC(C)(C)NC(=O)c1cc(N)cc(F)c1. The number of nitrogens with two attached hydrogens (primary N) is 1. The molecule has 0 unspecified atom stereocenters. The van der Waals surface area contributed by atoms with Crippen LogP contribution in [0.2, 0.25) is 0 Å². The molecule has 4 heteroatoms. The third kappa shape index (κ3) is 5.28. The van der Waals surface area contributed by atoms with Crippen LogP contribution in [-0.2, 0) is 0 Å². The molecule has 0 aliphatic heterocycles. The van der Waals surface area contributed by atoms with Crippen LogP contribution in [0.1, 0.15) is 51.4 Å². The number of nitrogen functional groups attached to an aromatic ring is 1. The van der Waals surface area contributed by atoms with Crippen molar-refractivity contribution in [2.45, 2.75) is 46.6 Å². The minimum atomic E-state index is -0.501. The Labute approximate surface area is 114 Å². The number of rotatable bonds is 3. The Morgan fingerprint density at radius 1 is 1.21 bits per heavy atom. The molecule has 1 aromatic carbocycles. The summed E-state index contributed by atoms with van der Waals surface area (Å²) >= 11 is 0. The fraction of sp³-hybridized carbons (Fsp3) is 0.533. The van der Waals surface area contributed by atoms with Crippen LogP contribution in [0.15, 0.2) is 18.2 Å². The summed E-state index contributed by atoms with van der Waals surface area (Å²) in [4.78, 5) is 12.1. The summed E-state index contributed by atoms with van der Waals surface area (Å²) in [6, 6.07) is 3.86. The highest BCUT2D eigenvalue weighted by Crippen LogP contribution is 2.27. The van der Waals surface area contributed by atoms with Gasteiger partial charge in [-0.3, -0.25) is 4.79 Å². The van der Waals surface area contributed by atoms with Crippen molar-refractivity contribution >= 4 is 11.6 Å². The summed E-state index contributed by atoms with van der Waals surface area (Å²) in [5.41, 5.74) is 5.77. The van der Waals surface area contributed by atoms with Gasteiger partial charge in [0.05, 0.1) is 0 Å². The summed E-state index contributed by atoms with van der Waals surface area (Å²) in [7, 11) is 0. The van der Waals surface area contributed by atoms with Crippen molar-refractivity contribution in [1.82, 2.24) is 5.32 Å². The zero-order chi connectivity index (χ0) is 14.8. The zero-order valence-corrected chi connectivity index (χ0v) is 12.3.